The van der Waals surface area contributed by atoms with Gasteiger partial charge >= 0.3 is 0 Å². The second kappa shape index (κ2) is 4.49. The standard InChI is InChI=1S/C25H14/c1-5-13-21-17(9-1)18-10-2-6-14-22(18)25(21)23-15-7-3-11-19(23)20-12-4-8-16-24(20)25/h1-5,7,9-16H. The number of hydrogen-bond donors (Lipinski definition) is 0. The van der Waals surface area contributed by atoms with Gasteiger partial charge in [-0.15, -0.1) is 0 Å². The zero-order valence-electron chi connectivity index (χ0n) is 13.6. The fraction of sp³-hybridized carbons (Fsp3) is 0.0400. The van der Waals surface area contributed by atoms with Gasteiger partial charge in [-0.1, -0.05) is 72.8 Å². The fourth-order valence-corrected chi connectivity index (χ4v) is 4.91. The molecule has 0 saturated carbocycles. The Labute approximate surface area is 147 Å². The molecule has 2 radical (unpaired) electrons. The van der Waals surface area contributed by atoms with Crippen molar-refractivity contribution in [3.8, 4) is 22.3 Å². The number of benzene rings is 4. The molecule has 2 aliphatic carbocycles. The van der Waals surface area contributed by atoms with Gasteiger partial charge in [-0.25, -0.2) is 0 Å². The first kappa shape index (κ1) is 13.2. The topological polar surface area (TPSA) is 0 Å². The third-order valence-corrected chi connectivity index (χ3v) is 5.78. The molecule has 0 N–H and O–H groups in total. The van der Waals surface area contributed by atoms with E-state index in [9.17, 15) is 0 Å². The highest BCUT2D eigenvalue weighted by atomic mass is 14.5. The lowest BCUT2D eigenvalue weighted by molar-refractivity contribution is 0.793. The molecule has 4 aromatic rings. The fourth-order valence-electron chi connectivity index (χ4n) is 4.91. The van der Waals surface area contributed by atoms with Crippen molar-refractivity contribution in [2.45, 2.75) is 5.41 Å². The SMILES string of the molecule is [c]1ccc2c(c1)C1(c3c[c]ccc3-c3ccccc31)c1ccccc1-2. The highest BCUT2D eigenvalue weighted by Gasteiger charge is 2.51. The summed E-state index contributed by atoms with van der Waals surface area (Å²) in [5.74, 6) is 0. The van der Waals surface area contributed by atoms with Gasteiger partial charge < -0.3 is 0 Å². The normalized spacial score (nSPS) is 14.7. The van der Waals surface area contributed by atoms with Crippen LogP contribution >= 0.6 is 0 Å². The third-order valence-electron chi connectivity index (χ3n) is 5.78. The third kappa shape index (κ3) is 1.40. The Morgan fingerprint density at radius 1 is 0.480 bits per heavy atom. The predicted octanol–water partition coefficient (Wildman–Crippen LogP) is 5.63. The quantitative estimate of drug-likeness (QED) is 0.341. The van der Waals surface area contributed by atoms with Crippen LogP contribution in [0.25, 0.3) is 22.3 Å². The Bertz CT molecular complexity index is 962. The molecule has 6 rings (SSSR count). The molecule has 0 heterocycles. The van der Waals surface area contributed by atoms with Crippen LogP contribution in [0.5, 0.6) is 0 Å². The Hall–Kier alpha value is -3.12. The molecule has 0 unspecified atom stereocenters. The molecule has 0 nitrogen and oxygen atoms in total. The first-order valence-electron chi connectivity index (χ1n) is 8.63. The Balaban J connectivity index is 1.89. The van der Waals surface area contributed by atoms with Gasteiger partial charge in [0.1, 0.15) is 0 Å². The van der Waals surface area contributed by atoms with E-state index in [1.54, 1.807) is 0 Å². The summed E-state index contributed by atoms with van der Waals surface area (Å²) >= 11 is 0. The van der Waals surface area contributed by atoms with Crippen molar-refractivity contribution in [3.63, 3.8) is 0 Å². The van der Waals surface area contributed by atoms with Crippen molar-refractivity contribution >= 4 is 0 Å². The lowest BCUT2D eigenvalue weighted by Gasteiger charge is -2.30. The molecule has 0 aliphatic heterocycles. The summed E-state index contributed by atoms with van der Waals surface area (Å²) in [4.78, 5) is 0. The molecule has 0 bridgehead atoms. The lowest BCUT2D eigenvalue weighted by atomic mass is 9.70. The smallest absolute Gasteiger partial charge is 0.0619 e. The van der Waals surface area contributed by atoms with Gasteiger partial charge in [-0.2, -0.15) is 0 Å². The molecular weight excluding hydrogens is 300 g/mol. The van der Waals surface area contributed by atoms with Gasteiger partial charge in [0.25, 0.3) is 0 Å². The maximum absolute atomic E-state index is 3.33. The number of hydrogen-bond acceptors (Lipinski definition) is 0. The molecule has 0 fully saturated rings. The van der Waals surface area contributed by atoms with E-state index in [2.05, 4.69) is 84.9 Å². The minimum Gasteiger partial charge on any atom is -0.0619 e. The average Bonchev–Trinajstić information content (AvgIpc) is 3.16. The van der Waals surface area contributed by atoms with E-state index in [0.29, 0.717) is 0 Å². The van der Waals surface area contributed by atoms with Crippen molar-refractivity contribution in [1.82, 2.24) is 0 Å². The first-order valence-corrected chi connectivity index (χ1v) is 8.63. The second-order valence-corrected chi connectivity index (χ2v) is 6.78. The first-order chi connectivity index (χ1) is 12.4. The Morgan fingerprint density at radius 2 is 0.920 bits per heavy atom. The van der Waals surface area contributed by atoms with Crippen molar-refractivity contribution in [2.24, 2.45) is 0 Å². The monoisotopic (exact) mass is 314 g/mol. The van der Waals surface area contributed by atoms with E-state index < -0.39 is 0 Å². The zero-order valence-corrected chi connectivity index (χ0v) is 13.6. The van der Waals surface area contributed by atoms with Gasteiger partial charge in [-0.3, -0.25) is 0 Å². The highest BCUT2D eigenvalue weighted by Crippen LogP contribution is 2.62. The molecule has 0 atom stereocenters. The minimum atomic E-state index is -0.243. The summed E-state index contributed by atoms with van der Waals surface area (Å²) in [6.45, 7) is 0. The molecule has 25 heavy (non-hydrogen) atoms. The molecule has 4 aromatic carbocycles. The maximum Gasteiger partial charge on any atom is 0.0725 e. The van der Waals surface area contributed by atoms with Crippen molar-refractivity contribution in [3.05, 3.63) is 119 Å². The van der Waals surface area contributed by atoms with E-state index in [1.165, 1.54) is 44.5 Å². The van der Waals surface area contributed by atoms with Crippen LogP contribution in [0.2, 0.25) is 0 Å². The van der Waals surface area contributed by atoms with E-state index >= 15 is 0 Å². The predicted molar refractivity (Wildman–Crippen MR) is 100 cm³/mol. The van der Waals surface area contributed by atoms with Crippen LogP contribution in [-0.2, 0) is 5.41 Å². The maximum atomic E-state index is 3.33. The summed E-state index contributed by atoms with van der Waals surface area (Å²) in [6.07, 6.45) is 0. The van der Waals surface area contributed by atoms with Crippen LogP contribution in [0.15, 0.2) is 84.9 Å². The molecule has 1 spiro atoms. The van der Waals surface area contributed by atoms with Crippen molar-refractivity contribution < 1.29 is 0 Å². The molecule has 0 amide bonds. The minimum absolute atomic E-state index is 0.243. The van der Waals surface area contributed by atoms with E-state index in [0.717, 1.165) is 0 Å². The van der Waals surface area contributed by atoms with Gasteiger partial charge in [0.05, 0.1) is 5.41 Å². The summed E-state index contributed by atoms with van der Waals surface area (Å²) < 4.78 is 0. The largest absolute Gasteiger partial charge is 0.0725 e. The Morgan fingerprint density at radius 3 is 1.44 bits per heavy atom. The van der Waals surface area contributed by atoms with Crippen LogP contribution in [0, 0.1) is 12.1 Å². The summed E-state index contributed by atoms with van der Waals surface area (Å²) in [5.41, 5.74) is 10.5. The number of rotatable bonds is 0. The van der Waals surface area contributed by atoms with Gasteiger partial charge in [-0.05, 0) is 68.8 Å². The molecule has 0 heteroatoms. The number of fused-ring (bicyclic) bond motifs is 10. The van der Waals surface area contributed by atoms with Crippen molar-refractivity contribution in [1.29, 1.82) is 0 Å². The van der Waals surface area contributed by atoms with Crippen LogP contribution in [0.4, 0.5) is 0 Å². The van der Waals surface area contributed by atoms with Crippen LogP contribution in [-0.4, -0.2) is 0 Å². The summed E-state index contributed by atoms with van der Waals surface area (Å²) in [5, 5.41) is 0. The van der Waals surface area contributed by atoms with Gasteiger partial charge in [0.15, 0.2) is 0 Å². The summed E-state index contributed by atoms with van der Waals surface area (Å²) in [7, 11) is 0. The van der Waals surface area contributed by atoms with E-state index in [4.69, 9.17) is 0 Å². The Kier molecular flexibility index (Phi) is 2.37. The zero-order chi connectivity index (χ0) is 16.4. The molecular formula is C25H14. The molecule has 0 saturated heterocycles. The molecule has 0 aromatic heterocycles. The van der Waals surface area contributed by atoms with Crippen molar-refractivity contribution in [2.75, 3.05) is 0 Å². The van der Waals surface area contributed by atoms with E-state index in [-0.39, 0.29) is 5.41 Å². The lowest BCUT2D eigenvalue weighted by Crippen LogP contribution is -2.25. The van der Waals surface area contributed by atoms with E-state index in [1.807, 2.05) is 12.1 Å². The van der Waals surface area contributed by atoms with Crippen LogP contribution in [0.3, 0.4) is 0 Å². The van der Waals surface area contributed by atoms with Gasteiger partial charge in [0.2, 0.25) is 0 Å². The molecule has 2 aliphatic rings. The van der Waals surface area contributed by atoms with Gasteiger partial charge in [0, 0.05) is 0 Å². The highest BCUT2D eigenvalue weighted by molar-refractivity contribution is 5.94. The second-order valence-electron chi connectivity index (χ2n) is 6.78. The summed E-state index contributed by atoms with van der Waals surface area (Å²) in [6, 6.07) is 37.1. The average molecular weight is 314 g/mol. The van der Waals surface area contributed by atoms with Crippen LogP contribution < -0.4 is 0 Å². The van der Waals surface area contributed by atoms with Crippen LogP contribution in [0.1, 0.15) is 22.3 Å². The molecule has 114 valence electrons.